The van der Waals surface area contributed by atoms with Crippen LogP contribution in [0.4, 0.5) is 0 Å². The summed E-state index contributed by atoms with van der Waals surface area (Å²) in [5.74, 6) is -0.423. The van der Waals surface area contributed by atoms with Crippen LogP contribution in [0, 0.1) is 0 Å². The summed E-state index contributed by atoms with van der Waals surface area (Å²) < 4.78 is 0. The fourth-order valence-electron chi connectivity index (χ4n) is 3.45. The third kappa shape index (κ3) is 3.83. The Morgan fingerprint density at radius 1 is 1.19 bits per heavy atom. The van der Waals surface area contributed by atoms with Crippen molar-refractivity contribution in [2.24, 2.45) is 5.73 Å². The number of unbranched alkanes of at least 4 members (excludes halogenated alkanes) is 1. The SMILES string of the molecule is NCCCC[C@@H]1NC(=O)[C@H]2CN(C(=O)c3ccc(Cl)cc3)CCN2C1=O. The van der Waals surface area contributed by atoms with Crippen LogP contribution in [0.1, 0.15) is 29.6 Å². The van der Waals surface area contributed by atoms with Gasteiger partial charge in [-0.2, -0.15) is 0 Å². The van der Waals surface area contributed by atoms with Gasteiger partial charge in [0.15, 0.2) is 0 Å². The first-order valence-electron chi connectivity index (χ1n) is 8.87. The van der Waals surface area contributed by atoms with Crippen molar-refractivity contribution in [3.8, 4) is 0 Å². The topological polar surface area (TPSA) is 95.7 Å². The molecule has 0 aliphatic carbocycles. The van der Waals surface area contributed by atoms with E-state index in [1.54, 1.807) is 34.1 Å². The lowest BCUT2D eigenvalue weighted by Crippen LogP contribution is -2.69. The highest BCUT2D eigenvalue weighted by molar-refractivity contribution is 6.30. The molecular formula is C18H23ClN4O3. The van der Waals surface area contributed by atoms with E-state index in [2.05, 4.69) is 5.32 Å². The number of benzene rings is 1. The molecule has 7 nitrogen and oxygen atoms in total. The van der Waals surface area contributed by atoms with Gasteiger partial charge in [0.2, 0.25) is 11.8 Å². The first-order valence-corrected chi connectivity index (χ1v) is 9.25. The minimum absolute atomic E-state index is 0.0646. The Hall–Kier alpha value is -2.12. The van der Waals surface area contributed by atoms with Gasteiger partial charge in [-0.3, -0.25) is 14.4 Å². The third-order valence-electron chi connectivity index (χ3n) is 4.91. The molecule has 0 bridgehead atoms. The van der Waals surface area contributed by atoms with Crippen molar-refractivity contribution in [1.29, 1.82) is 0 Å². The smallest absolute Gasteiger partial charge is 0.254 e. The Kier molecular flexibility index (Phi) is 5.78. The van der Waals surface area contributed by atoms with Crippen LogP contribution in [0.15, 0.2) is 24.3 Å². The molecule has 2 atom stereocenters. The number of carbonyl (C=O) groups is 3. The number of hydrogen-bond acceptors (Lipinski definition) is 4. The predicted molar refractivity (Wildman–Crippen MR) is 97.7 cm³/mol. The van der Waals surface area contributed by atoms with Crippen LogP contribution < -0.4 is 11.1 Å². The van der Waals surface area contributed by atoms with E-state index < -0.39 is 12.1 Å². The molecule has 2 fully saturated rings. The second-order valence-corrected chi connectivity index (χ2v) is 7.09. The van der Waals surface area contributed by atoms with Gasteiger partial charge in [-0.1, -0.05) is 11.6 Å². The number of hydrogen-bond donors (Lipinski definition) is 2. The van der Waals surface area contributed by atoms with E-state index in [1.807, 2.05) is 0 Å². The standard InChI is InChI=1S/C18H23ClN4O3/c19-13-6-4-12(5-7-13)17(25)22-9-10-23-15(11-22)16(24)21-14(18(23)26)3-1-2-8-20/h4-7,14-15H,1-3,8-11,20H2,(H,21,24)/t14-,15+/m0/s1. The van der Waals surface area contributed by atoms with Crippen molar-refractivity contribution in [2.45, 2.75) is 31.3 Å². The number of nitrogens with two attached hydrogens (primary N) is 1. The second-order valence-electron chi connectivity index (χ2n) is 6.65. The fourth-order valence-corrected chi connectivity index (χ4v) is 3.57. The molecule has 0 aromatic heterocycles. The predicted octanol–water partition coefficient (Wildman–Crippen LogP) is 0.620. The molecular weight excluding hydrogens is 356 g/mol. The van der Waals surface area contributed by atoms with Gasteiger partial charge in [-0.15, -0.1) is 0 Å². The van der Waals surface area contributed by atoms with Crippen molar-refractivity contribution in [2.75, 3.05) is 26.2 Å². The summed E-state index contributed by atoms with van der Waals surface area (Å²) in [4.78, 5) is 41.0. The lowest BCUT2D eigenvalue weighted by atomic mass is 10.00. The highest BCUT2D eigenvalue weighted by atomic mass is 35.5. The lowest BCUT2D eigenvalue weighted by molar-refractivity contribution is -0.152. The average Bonchev–Trinajstić information content (AvgIpc) is 2.65. The summed E-state index contributed by atoms with van der Waals surface area (Å²) in [6.07, 6.45) is 2.22. The summed E-state index contributed by atoms with van der Waals surface area (Å²) in [6.45, 7) is 1.55. The highest BCUT2D eigenvalue weighted by Crippen LogP contribution is 2.20. The maximum Gasteiger partial charge on any atom is 0.254 e. The number of nitrogens with one attached hydrogen (secondary N) is 1. The number of nitrogens with zero attached hydrogens (tertiary/aromatic N) is 2. The zero-order valence-electron chi connectivity index (χ0n) is 14.5. The quantitative estimate of drug-likeness (QED) is 0.734. The maximum atomic E-state index is 12.6. The Balaban J connectivity index is 1.65. The molecule has 1 aromatic rings. The van der Waals surface area contributed by atoms with E-state index in [-0.39, 0.29) is 24.3 Å². The second kappa shape index (κ2) is 8.05. The Morgan fingerprint density at radius 3 is 2.62 bits per heavy atom. The van der Waals surface area contributed by atoms with Crippen LogP contribution >= 0.6 is 11.6 Å². The Labute approximate surface area is 157 Å². The molecule has 2 heterocycles. The van der Waals surface area contributed by atoms with Crippen LogP contribution in [0.3, 0.4) is 0 Å². The zero-order valence-corrected chi connectivity index (χ0v) is 15.2. The lowest BCUT2D eigenvalue weighted by Gasteiger charge is -2.45. The van der Waals surface area contributed by atoms with Gasteiger partial charge >= 0.3 is 0 Å². The molecule has 2 aliphatic heterocycles. The van der Waals surface area contributed by atoms with Crippen molar-refractivity contribution in [3.05, 3.63) is 34.9 Å². The van der Waals surface area contributed by atoms with Crippen LogP contribution in [-0.2, 0) is 9.59 Å². The minimum Gasteiger partial charge on any atom is -0.342 e. The van der Waals surface area contributed by atoms with Gasteiger partial charge in [0.25, 0.3) is 5.91 Å². The van der Waals surface area contributed by atoms with Crippen molar-refractivity contribution < 1.29 is 14.4 Å². The summed E-state index contributed by atoms with van der Waals surface area (Å²) in [7, 11) is 0. The Bertz CT molecular complexity index is 694. The molecule has 0 spiro atoms. The first kappa shape index (κ1) is 18.7. The molecule has 0 unspecified atom stereocenters. The average molecular weight is 379 g/mol. The van der Waals surface area contributed by atoms with E-state index in [0.29, 0.717) is 36.6 Å². The molecule has 2 saturated heterocycles. The number of fused-ring (bicyclic) bond motifs is 1. The number of halogens is 1. The monoisotopic (exact) mass is 378 g/mol. The number of amides is 3. The van der Waals surface area contributed by atoms with Crippen LogP contribution in [-0.4, -0.2) is 65.8 Å². The van der Waals surface area contributed by atoms with Crippen LogP contribution in [0.5, 0.6) is 0 Å². The van der Waals surface area contributed by atoms with Crippen molar-refractivity contribution >= 4 is 29.3 Å². The zero-order chi connectivity index (χ0) is 18.7. The van der Waals surface area contributed by atoms with Gasteiger partial charge in [0.1, 0.15) is 12.1 Å². The molecule has 3 N–H and O–H groups in total. The van der Waals surface area contributed by atoms with Crippen molar-refractivity contribution in [1.82, 2.24) is 15.1 Å². The number of carbonyl (C=O) groups excluding carboxylic acids is 3. The molecule has 8 heteroatoms. The molecule has 140 valence electrons. The van der Waals surface area contributed by atoms with E-state index >= 15 is 0 Å². The Morgan fingerprint density at radius 2 is 1.92 bits per heavy atom. The molecule has 3 rings (SSSR count). The summed E-state index contributed by atoms with van der Waals surface area (Å²) in [5, 5.41) is 3.36. The number of rotatable bonds is 5. The maximum absolute atomic E-state index is 12.6. The van der Waals surface area contributed by atoms with Crippen LogP contribution in [0.25, 0.3) is 0 Å². The van der Waals surface area contributed by atoms with Gasteiger partial charge in [-0.25, -0.2) is 0 Å². The largest absolute Gasteiger partial charge is 0.342 e. The van der Waals surface area contributed by atoms with E-state index in [0.717, 1.165) is 12.8 Å². The molecule has 0 radical (unpaired) electrons. The molecule has 2 aliphatic rings. The fraction of sp³-hybridized carbons (Fsp3) is 0.500. The van der Waals surface area contributed by atoms with E-state index in [4.69, 9.17) is 17.3 Å². The molecule has 1 aromatic carbocycles. The van der Waals surface area contributed by atoms with Gasteiger partial charge in [0, 0.05) is 23.7 Å². The normalized spacial score (nSPS) is 22.8. The third-order valence-corrected chi connectivity index (χ3v) is 5.16. The summed E-state index contributed by atoms with van der Waals surface area (Å²) in [5.41, 5.74) is 6.00. The molecule has 26 heavy (non-hydrogen) atoms. The van der Waals surface area contributed by atoms with E-state index in [9.17, 15) is 14.4 Å². The van der Waals surface area contributed by atoms with Gasteiger partial charge in [0.05, 0.1) is 6.54 Å². The molecule has 0 saturated carbocycles. The highest BCUT2D eigenvalue weighted by Gasteiger charge is 2.43. The minimum atomic E-state index is -0.627. The molecule has 3 amide bonds. The van der Waals surface area contributed by atoms with Gasteiger partial charge < -0.3 is 20.9 Å². The van der Waals surface area contributed by atoms with E-state index in [1.165, 1.54) is 0 Å². The van der Waals surface area contributed by atoms with Gasteiger partial charge in [-0.05, 0) is 50.1 Å². The summed E-state index contributed by atoms with van der Waals surface area (Å²) in [6, 6.07) is 5.54. The first-order chi connectivity index (χ1) is 12.5. The van der Waals surface area contributed by atoms with Crippen LogP contribution in [0.2, 0.25) is 5.02 Å². The summed E-state index contributed by atoms with van der Waals surface area (Å²) >= 11 is 5.86. The van der Waals surface area contributed by atoms with Crippen molar-refractivity contribution in [3.63, 3.8) is 0 Å². The number of piperazine rings is 2.